The molecule has 11 nitrogen and oxygen atoms in total. The van der Waals surface area contributed by atoms with Gasteiger partial charge in [0.25, 0.3) is 0 Å². The molecule has 1 unspecified atom stereocenters. The minimum absolute atomic E-state index is 0.0787. The molecule has 1 aliphatic carbocycles. The number of rotatable bonds is 7. The quantitative estimate of drug-likeness (QED) is 0.288. The predicted octanol–water partition coefficient (Wildman–Crippen LogP) is 0.914. The lowest BCUT2D eigenvalue weighted by atomic mass is 9.79. The van der Waals surface area contributed by atoms with E-state index in [0.29, 0.717) is 30.1 Å². The van der Waals surface area contributed by atoms with Crippen molar-refractivity contribution in [3.8, 4) is 5.75 Å². The van der Waals surface area contributed by atoms with Crippen molar-refractivity contribution in [1.29, 1.82) is 0 Å². The number of ether oxygens (including phenoxy) is 1. The summed E-state index contributed by atoms with van der Waals surface area (Å²) in [6.07, 6.45) is 2.68. The molecule has 3 amide bonds. The minimum atomic E-state index is -1.59. The minimum Gasteiger partial charge on any atom is -0.497 e. The highest BCUT2D eigenvalue weighted by molar-refractivity contribution is 6.06. The Balaban J connectivity index is 1.22. The van der Waals surface area contributed by atoms with Gasteiger partial charge in [0.2, 0.25) is 17.7 Å². The Bertz CT molecular complexity index is 1540. The third kappa shape index (κ3) is 4.42. The Hall–Kier alpha value is -4.32. The maximum atomic E-state index is 13.6. The average Bonchev–Trinajstić information content (AvgIpc) is 3.51. The zero-order valence-electron chi connectivity index (χ0n) is 22.5. The molecule has 0 saturated carbocycles. The van der Waals surface area contributed by atoms with Gasteiger partial charge in [-0.05, 0) is 59.9 Å². The van der Waals surface area contributed by atoms with Crippen molar-refractivity contribution in [3.05, 3.63) is 83.0 Å². The maximum Gasteiger partial charge on any atom is 0.248 e. The SMILES string of the molecule is COc1cccc(C2CNC(CO)(CO)C(=O)N2CC(=O)Nc2ccc3c(c2)C[C@@]2(C3)C(=O)Nc3ncccc32)c1. The zero-order valence-corrected chi connectivity index (χ0v) is 22.5. The first-order valence-electron chi connectivity index (χ1n) is 13.4. The fraction of sp³-hybridized carbons (Fsp3) is 0.333. The summed E-state index contributed by atoms with van der Waals surface area (Å²) in [6, 6.07) is 16.0. The van der Waals surface area contributed by atoms with Crippen LogP contribution in [-0.4, -0.2) is 76.8 Å². The van der Waals surface area contributed by atoms with Crippen LogP contribution in [0.15, 0.2) is 60.8 Å². The van der Waals surface area contributed by atoms with Gasteiger partial charge in [-0.15, -0.1) is 0 Å². The molecule has 1 spiro atoms. The fourth-order valence-corrected chi connectivity index (χ4v) is 6.22. The normalized spacial score (nSPS) is 22.3. The van der Waals surface area contributed by atoms with Gasteiger partial charge in [-0.3, -0.25) is 19.7 Å². The molecule has 2 atom stereocenters. The predicted molar refractivity (Wildman–Crippen MR) is 149 cm³/mol. The number of aromatic nitrogens is 1. The third-order valence-electron chi connectivity index (χ3n) is 8.48. The molecular weight excluding hydrogens is 526 g/mol. The molecule has 6 rings (SSSR count). The molecule has 3 aliphatic rings. The number of aliphatic hydroxyl groups excluding tert-OH is 2. The topological polar surface area (TPSA) is 153 Å². The number of nitrogens with one attached hydrogen (secondary N) is 3. The van der Waals surface area contributed by atoms with Crippen LogP contribution in [-0.2, 0) is 32.6 Å². The number of fused-ring (bicyclic) bond motifs is 3. The number of anilines is 2. The van der Waals surface area contributed by atoms with Crippen LogP contribution < -0.4 is 20.7 Å². The monoisotopic (exact) mass is 557 g/mol. The van der Waals surface area contributed by atoms with Gasteiger partial charge in [-0.25, -0.2) is 4.98 Å². The lowest BCUT2D eigenvalue weighted by molar-refractivity contribution is -0.151. The van der Waals surface area contributed by atoms with E-state index in [2.05, 4.69) is 20.9 Å². The molecule has 1 aromatic heterocycles. The average molecular weight is 558 g/mol. The number of amides is 3. The molecule has 1 saturated heterocycles. The molecule has 0 bridgehead atoms. The molecule has 3 heterocycles. The molecule has 2 aromatic carbocycles. The summed E-state index contributed by atoms with van der Waals surface area (Å²) < 4.78 is 5.34. The molecule has 41 heavy (non-hydrogen) atoms. The maximum absolute atomic E-state index is 13.6. The number of piperazine rings is 1. The van der Waals surface area contributed by atoms with Gasteiger partial charge in [0.1, 0.15) is 23.7 Å². The number of aliphatic hydroxyl groups is 2. The first-order valence-corrected chi connectivity index (χ1v) is 13.4. The number of nitrogens with zero attached hydrogens (tertiary/aromatic N) is 2. The van der Waals surface area contributed by atoms with E-state index < -0.39 is 42.0 Å². The summed E-state index contributed by atoms with van der Waals surface area (Å²) >= 11 is 0. The molecule has 11 heteroatoms. The van der Waals surface area contributed by atoms with Gasteiger partial charge in [0, 0.05) is 24.0 Å². The van der Waals surface area contributed by atoms with Crippen LogP contribution in [0.4, 0.5) is 11.5 Å². The van der Waals surface area contributed by atoms with E-state index in [0.717, 1.165) is 22.3 Å². The van der Waals surface area contributed by atoms with Crippen molar-refractivity contribution in [2.24, 2.45) is 0 Å². The van der Waals surface area contributed by atoms with E-state index in [1.807, 2.05) is 30.3 Å². The van der Waals surface area contributed by atoms with Crippen LogP contribution in [0.3, 0.4) is 0 Å². The Labute approximate surface area is 236 Å². The second kappa shape index (κ2) is 10.3. The van der Waals surface area contributed by atoms with E-state index in [4.69, 9.17) is 4.74 Å². The number of benzene rings is 2. The van der Waals surface area contributed by atoms with Crippen LogP contribution in [0.2, 0.25) is 0 Å². The zero-order chi connectivity index (χ0) is 28.8. The Morgan fingerprint density at radius 1 is 1.10 bits per heavy atom. The van der Waals surface area contributed by atoms with Crippen LogP contribution in [0.1, 0.15) is 28.3 Å². The molecule has 2 aliphatic heterocycles. The molecule has 0 radical (unpaired) electrons. The smallest absolute Gasteiger partial charge is 0.248 e. The summed E-state index contributed by atoms with van der Waals surface area (Å²) in [7, 11) is 1.55. The van der Waals surface area contributed by atoms with Crippen molar-refractivity contribution < 1.29 is 29.3 Å². The van der Waals surface area contributed by atoms with Gasteiger partial charge in [-0.1, -0.05) is 24.3 Å². The highest BCUT2D eigenvalue weighted by Gasteiger charge is 2.51. The first-order chi connectivity index (χ1) is 19.8. The third-order valence-corrected chi connectivity index (χ3v) is 8.48. The second-order valence-corrected chi connectivity index (χ2v) is 10.8. The Kier molecular flexibility index (Phi) is 6.72. The van der Waals surface area contributed by atoms with Gasteiger partial charge in [-0.2, -0.15) is 0 Å². The largest absolute Gasteiger partial charge is 0.497 e. The second-order valence-electron chi connectivity index (χ2n) is 10.8. The van der Waals surface area contributed by atoms with Crippen molar-refractivity contribution in [3.63, 3.8) is 0 Å². The van der Waals surface area contributed by atoms with E-state index in [1.165, 1.54) is 4.90 Å². The van der Waals surface area contributed by atoms with Crippen LogP contribution in [0.5, 0.6) is 5.75 Å². The van der Waals surface area contributed by atoms with E-state index >= 15 is 0 Å². The van der Waals surface area contributed by atoms with E-state index in [1.54, 1.807) is 37.6 Å². The number of hydrogen-bond acceptors (Lipinski definition) is 8. The number of carbonyl (C=O) groups is 3. The van der Waals surface area contributed by atoms with Gasteiger partial charge in [0.15, 0.2) is 0 Å². The fourth-order valence-electron chi connectivity index (χ4n) is 6.22. The van der Waals surface area contributed by atoms with Gasteiger partial charge in [0.05, 0.1) is 31.8 Å². The Morgan fingerprint density at radius 3 is 2.68 bits per heavy atom. The molecule has 1 fully saturated rings. The summed E-state index contributed by atoms with van der Waals surface area (Å²) in [5.41, 5.74) is 1.85. The first kappa shape index (κ1) is 26.9. The summed E-state index contributed by atoms with van der Waals surface area (Å²) in [5, 5.41) is 28.7. The van der Waals surface area contributed by atoms with Crippen LogP contribution >= 0.6 is 0 Å². The van der Waals surface area contributed by atoms with Gasteiger partial charge < -0.3 is 30.5 Å². The number of pyridine rings is 1. The molecule has 212 valence electrons. The van der Waals surface area contributed by atoms with Gasteiger partial charge >= 0.3 is 0 Å². The lowest BCUT2D eigenvalue weighted by Gasteiger charge is -2.45. The van der Waals surface area contributed by atoms with Crippen molar-refractivity contribution in [2.45, 2.75) is 29.8 Å². The highest BCUT2D eigenvalue weighted by Crippen LogP contribution is 2.47. The van der Waals surface area contributed by atoms with Crippen molar-refractivity contribution in [2.75, 3.05) is 44.0 Å². The van der Waals surface area contributed by atoms with Crippen LogP contribution in [0, 0.1) is 0 Å². The molecule has 5 N–H and O–H groups in total. The highest BCUT2D eigenvalue weighted by atomic mass is 16.5. The number of hydrogen-bond donors (Lipinski definition) is 5. The number of methoxy groups -OCH3 is 1. The Morgan fingerprint density at radius 2 is 1.90 bits per heavy atom. The van der Waals surface area contributed by atoms with E-state index in [-0.39, 0.29) is 19.0 Å². The summed E-state index contributed by atoms with van der Waals surface area (Å²) in [4.78, 5) is 45.6. The van der Waals surface area contributed by atoms with Crippen molar-refractivity contribution >= 4 is 29.2 Å². The molecular formula is C30H31N5O6. The van der Waals surface area contributed by atoms with Crippen molar-refractivity contribution in [1.82, 2.24) is 15.2 Å². The van der Waals surface area contributed by atoms with Crippen LogP contribution in [0.25, 0.3) is 0 Å². The number of carbonyl (C=O) groups excluding carboxylic acids is 3. The lowest BCUT2D eigenvalue weighted by Crippen LogP contribution is -2.69. The summed E-state index contributed by atoms with van der Waals surface area (Å²) in [5.74, 6) is 0.105. The standard InChI is InChI=1S/C30H31N5O6/c1-41-22-5-2-4-18(11-22)24-14-32-30(16-36,17-37)28(40)35(24)15-25(38)33-21-8-7-19-12-29(13-20(19)10-21)23-6-3-9-31-26(23)34-27(29)39/h2-11,24,32,36-37H,12-17H2,1H3,(H,33,38)(H,31,34,39)/t24?,29-/m1/s1. The van der Waals surface area contributed by atoms with E-state index in [9.17, 15) is 24.6 Å². The molecule has 3 aromatic rings. The summed E-state index contributed by atoms with van der Waals surface area (Å²) in [6.45, 7) is -1.33.